The molecule has 0 spiro atoms. The van der Waals surface area contributed by atoms with Crippen molar-refractivity contribution in [3.05, 3.63) is 63.7 Å². The molecule has 0 heterocycles. The molecule has 26 heavy (non-hydrogen) atoms. The smallest absolute Gasteiger partial charge is 0.338 e. The minimum absolute atomic E-state index is 0.102. The lowest BCUT2D eigenvalue weighted by molar-refractivity contribution is -0.384. The van der Waals surface area contributed by atoms with Gasteiger partial charge < -0.3 is 14.8 Å². The zero-order valence-electron chi connectivity index (χ0n) is 14.4. The fourth-order valence-electron chi connectivity index (χ4n) is 2.17. The Bertz CT molecular complexity index is 817. The number of nitrogens with zero attached hydrogens (tertiary/aromatic N) is 1. The van der Waals surface area contributed by atoms with Crippen molar-refractivity contribution in [3.8, 4) is 5.75 Å². The molecule has 0 aliphatic rings. The van der Waals surface area contributed by atoms with E-state index in [-0.39, 0.29) is 17.9 Å². The molecule has 0 radical (unpaired) electrons. The number of amides is 1. The van der Waals surface area contributed by atoms with Gasteiger partial charge in [-0.3, -0.25) is 14.9 Å². The van der Waals surface area contributed by atoms with Crippen LogP contribution in [0.5, 0.6) is 5.75 Å². The quantitative estimate of drug-likeness (QED) is 0.461. The summed E-state index contributed by atoms with van der Waals surface area (Å²) in [5.41, 5.74) is 0.842. The number of hydrogen-bond donors (Lipinski definition) is 1. The van der Waals surface area contributed by atoms with Crippen LogP contribution < -0.4 is 10.1 Å². The van der Waals surface area contributed by atoms with E-state index < -0.39 is 16.8 Å². The number of rotatable bonds is 7. The molecule has 136 valence electrons. The molecule has 0 bridgehead atoms. The lowest BCUT2D eigenvalue weighted by Crippen LogP contribution is -2.14. The van der Waals surface area contributed by atoms with E-state index in [1.807, 2.05) is 0 Å². The van der Waals surface area contributed by atoms with Gasteiger partial charge in [-0.2, -0.15) is 0 Å². The number of nitrogens with one attached hydrogen (secondary N) is 1. The van der Waals surface area contributed by atoms with E-state index in [9.17, 15) is 19.7 Å². The summed E-state index contributed by atoms with van der Waals surface area (Å²) in [6, 6.07) is 9.78. The van der Waals surface area contributed by atoms with Crippen LogP contribution in [0.1, 0.15) is 34.6 Å². The van der Waals surface area contributed by atoms with E-state index in [0.29, 0.717) is 23.6 Å². The van der Waals surface area contributed by atoms with Gasteiger partial charge in [0.1, 0.15) is 5.75 Å². The maximum atomic E-state index is 12.3. The van der Waals surface area contributed by atoms with Crippen LogP contribution in [0.4, 0.5) is 11.4 Å². The third kappa shape index (κ3) is 4.56. The topological polar surface area (TPSA) is 108 Å². The van der Waals surface area contributed by atoms with E-state index in [1.165, 1.54) is 36.4 Å². The van der Waals surface area contributed by atoms with E-state index in [4.69, 9.17) is 9.47 Å². The Morgan fingerprint density at radius 3 is 2.27 bits per heavy atom. The number of carbonyl (C=O) groups is 2. The molecule has 0 aliphatic heterocycles. The molecule has 8 nitrogen and oxygen atoms in total. The molecule has 0 fully saturated rings. The second kappa shape index (κ2) is 8.61. The van der Waals surface area contributed by atoms with Crippen LogP contribution in [0, 0.1) is 10.1 Å². The van der Waals surface area contributed by atoms with Gasteiger partial charge in [0.05, 0.1) is 29.4 Å². The number of nitro benzene ring substituents is 1. The number of esters is 1. The molecule has 1 N–H and O–H groups in total. The number of non-ortho nitro benzene ring substituents is 1. The molecule has 0 saturated carbocycles. The van der Waals surface area contributed by atoms with Crippen LogP contribution >= 0.6 is 0 Å². The van der Waals surface area contributed by atoms with Crippen molar-refractivity contribution in [1.82, 2.24) is 0 Å². The number of ether oxygens (including phenoxy) is 2. The molecule has 0 saturated heterocycles. The zero-order valence-corrected chi connectivity index (χ0v) is 14.4. The zero-order chi connectivity index (χ0) is 19.1. The number of nitro groups is 1. The highest BCUT2D eigenvalue weighted by atomic mass is 16.6. The van der Waals surface area contributed by atoms with Crippen molar-refractivity contribution in [2.24, 2.45) is 0 Å². The fraction of sp³-hybridized carbons (Fsp3) is 0.222. The van der Waals surface area contributed by atoms with E-state index in [1.54, 1.807) is 19.9 Å². The van der Waals surface area contributed by atoms with Crippen LogP contribution in [0.3, 0.4) is 0 Å². The Hall–Kier alpha value is -3.42. The maximum Gasteiger partial charge on any atom is 0.338 e. The third-order valence-electron chi connectivity index (χ3n) is 3.38. The first-order valence-corrected chi connectivity index (χ1v) is 7.96. The van der Waals surface area contributed by atoms with E-state index in [2.05, 4.69) is 5.32 Å². The standard InChI is InChI=1S/C18H18N2O6/c1-3-25-16-11-13(18(22)26-4-2)7-10-15(16)19-17(21)12-5-8-14(9-6-12)20(23)24/h5-11H,3-4H2,1-2H3,(H,19,21). The minimum atomic E-state index is -0.539. The van der Waals surface area contributed by atoms with Crippen molar-refractivity contribution in [2.75, 3.05) is 18.5 Å². The number of hydrogen-bond acceptors (Lipinski definition) is 6. The van der Waals surface area contributed by atoms with E-state index in [0.717, 1.165) is 0 Å². The van der Waals surface area contributed by atoms with Crippen molar-refractivity contribution >= 4 is 23.3 Å². The normalized spacial score (nSPS) is 10.1. The predicted octanol–water partition coefficient (Wildman–Crippen LogP) is 3.42. The predicted molar refractivity (Wildman–Crippen MR) is 94.6 cm³/mol. The largest absolute Gasteiger partial charge is 0.492 e. The summed E-state index contributed by atoms with van der Waals surface area (Å²) in [5.74, 6) is -0.611. The van der Waals surface area contributed by atoms with E-state index >= 15 is 0 Å². The van der Waals surface area contributed by atoms with Gasteiger partial charge in [0.15, 0.2) is 0 Å². The van der Waals surface area contributed by atoms with Crippen LogP contribution in [0.15, 0.2) is 42.5 Å². The molecule has 0 aliphatic carbocycles. The van der Waals surface area contributed by atoms with Crippen molar-refractivity contribution < 1.29 is 24.0 Å². The summed E-state index contributed by atoms with van der Waals surface area (Å²) in [6.07, 6.45) is 0. The highest BCUT2D eigenvalue weighted by Gasteiger charge is 2.15. The van der Waals surface area contributed by atoms with Crippen molar-refractivity contribution in [3.63, 3.8) is 0 Å². The van der Waals surface area contributed by atoms with Gasteiger partial charge in [-0.25, -0.2) is 4.79 Å². The molecular formula is C18H18N2O6. The Balaban J connectivity index is 2.22. The maximum absolute atomic E-state index is 12.3. The Kier molecular flexibility index (Phi) is 6.26. The second-order valence-corrected chi connectivity index (χ2v) is 5.12. The van der Waals surface area contributed by atoms with Gasteiger partial charge in [0, 0.05) is 17.7 Å². The third-order valence-corrected chi connectivity index (χ3v) is 3.38. The Morgan fingerprint density at radius 2 is 1.69 bits per heavy atom. The van der Waals surface area contributed by atoms with Crippen molar-refractivity contribution in [1.29, 1.82) is 0 Å². The highest BCUT2D eigenvalue weighted by Crippen LogP contribution is 2.27. The van der Waals surface area contributed by atoms with Crippen LogP contribution in [-0.4, -0.2) is 30.0 Å². The Morgan fingerprint density at radius 1 is 1.04 bits per heavy atom. The summed E-state index contributed by atoms with van der Waals surface area (Å²) in [6.45, 7) is 4.08. The number of carbonyl (C=O) groups excluding carboxylic acids is 2. The lowest BCUT2D eigenvalue weighted by atomic mass is 10.1. The molecule has 8 heteroatoms. The first-order chi connectivity index (χ1) is 12.5. The Labute approximate surface area is 149 Å². The molecule has 2 rings (SSSR count). The molecule has 2 aromatic carbocycles. The van der Waals surface area contributed by atoms with Gasteiger partial charge >= 0.3 is 5.97 Å². The summed E-state index contributed by atoms with van der Waals surface area (Å²) >= 11 is 0. The highest BCUT2D eigenvalue weighted by molar-refractivity contribution is 6.05. The van der Waals surface area contributed by atoms with Crippen LogP contribution in [0.25, 0.3) is 0 Å². The summed E-state index contributed by atoms with van der Waals surface area (Å²) in [4.78, 5) is 34.3. The average Bonchev–Trinajstić information content (AvgIpc) is 2.63. The van der Waals surface area contributed by atoms with Crippen molar-refractivity contribution in [2.45, 2.75) is 13.8 Å². The van der Waals surface area contributed by atoms with Gasteiger partial charge in [-0.15, -0.1) is 0 Å². The summed E-state index contributed by atoms with van der Waals surface area (Å²) < 4.78 is 10.4. The van der Waals surface area contributed by atoms with Crippen LogP contribution in [-0.2, 0) is 4.74 Å². The lowest BCUT2D eigenvalue weighted by Gasteiger charge is -2.13. The molecule has 0 atom stereocenters. The van der Waals surface area contributed by atoms with Gasteiger partial charge in [-0.1, -0.05) is 0 Å². The van der Waals surface area contributed by atoms with Gasteiger partial charge in [-0.05, 0) is 44.2 Å². The second-order valence-electron chi connectivity index (χ2n) is 5.12. The van der Waals surface area contributed by atoms with Crippen LogP contribution in [0.2, 0.25) is 0 Å². The molecular weight excluding hydrogens is 340 g/mol. The molecule has 2 aromatic rings. The summed E-state index contributed by atoms with van der Waals surface area (Å²) in [7, 11) is 0. The number of anilines is 1. The van der Waals surface area contributed by atoms with Gasteiger partial charge in [0.25, 0.3) is 11.6 Å². The molecule has 0 aromatic heterocycles. The average molecular weight is 358 g/mol. The summed E-state index contributed by atoms with van der Waals surface area (Å²) in [5, 5.41) is 13.3. The first-order valence-electron chi connectivity index (χ1n) is 7.96. The first kappa shape index (κ1) is 18.9. The molecule has 1 amide bonds. The minimum Gasteiger partial charge on any atom is -0.492 e. The fourth-order valence-corrected chi connectivity index (χ4v) is 2.17. The molecule has 0 unspecified atom stereocenters. The monoisotopic (exact) mass is 358 g/mol. The van der Waals surface area contributed by atoms with Gasteiger partial charge in [0.2, 0.25) is 0 Å². The SMILES string of the molecule is CCOC(=O)c1ccc(NC(=O)c2ccc([N+](=O)[O-])cc2)c(OCC)c1. The number of benzene rings is 2.